The number of carbonyl (C=O) groups is 2. The van der Waals surface area contributed by atoms with E-state index >= 15 is 0 Å². The smallest absolute Gasteiger partial charge is 0.232 e. The molecule has 1 aromatic carbocycles. The number of carbonyl (C=O) groups excluding carboxylic acids is 2. The summed E-state index contributed by atoms with van der Waals surface area (Å²) >= 11 is 1.60. The van der Waals surface area contributed by atoms with Crippen LogP contribution in [-0.2, 0) is 9.59 Å². The van der Waals surface area contributed by atoms with Gasteiger partial charge in [0, 0.05) is 24.2 Å². The highest BCUT2D eigenvalue weighted by atomic mass is 32.1. The molecule has 28 heavy (non-hydrogen) atoms. The summed E-state index contributed by atoms with van der Waals surface area (Å²) < 4.78 is 6.56. The van der Waals surface area contributed by atoms with Crippen LogP contribution in [0.1, 0.15) is 28.3 Å². The molecule has 7 nitrogen and oxygen atoms in total. The molecule has 0 spiro atoms. The Labute approximate surface area is 165 Å². The zero-order valence-corrected chi connectivity index (χ0v) is 16.5. The van der Waals surface area contributed by atoms with Crippen molar-refractivity contribution >= 4 is 44.9 Å². The van der Waals surface area contributed by atoms with Crippen molar-refractivity contribution in [2.75, 3.05) is 16.8 Å². The third-order valence-electron chi connectivity index (χ3n) is 5.02. The summed E-state index contributed by atoms with van der Waals surface area (Å²) in [5.41, 5.74) is 2.60. The van der Waals surface area contributed by atoms with Crippen LogP contribution in [0.4, 0.5) is 11.6 Å². The van der Waals surface area contributed by atoms with E-state index in [2.05, 4.69) is 16.4 Å². The number of nitrogens with zero attached hydrogens (tertiary/aromatic N) is 3. The number of anilines is 2. The van der Waals surface area contributed by atoms with Crippen LogP contribution in [0.5, 0.6) is 0 Å². The van der Waals surface area contributed by atoms with Gasteiger partial charge in [-0.1, -0.05) is 0 Å². The van der Waals surface area contributed by atoms with Gasteiger partial charge in [0.1, 0.15) is 17.4 Å². The topological polar surface area (TPSA) is 99.2 Å². The minimum absolute atomic E-state index is 0.112. The maximum absolute atomic E-state index is 12.7. The summed E-state index contributed by atoms with van der Waals surface area (Å²) in [6.07, 6.45) is 0.112. The lowest BCUT2D eigenvalue weighted by Gasteiger charge is -2.16. The molecule has 0 radical (unpaired) electrons. The van der Waals surface area contributed by atoms with Crippen molar-refractivity contribution in [1.82, 2.24) is 4.98 Å². The van der Waals surface area contributed by atoms with Crippen molar-refractivity contribution in [3.05, 3.63) is 40.1 Å². The molecule has 1 unspecified atom stereocenters. The Hall–Kier alpha value is -3.18. The molecule has 2 aromatic heterocycles. The number of aryl methyl sites for hydroxylation is 2. The van der Waals surface area contributed by atoms with E-state index < -0.39 is 5.92 Å². The minimum atomic E-state index is -0.516. The van der Waals surface area contributed by atoms with E-state index in [0.29, 0.717) is 16.9 Å². The van der Waals surface area contributed by atoms with E-state index in [9.17, 15) is 14.9 Å². The number of hydrogen-bond acceptors (Lipinski definition) is 6. The summed E-state index contributed by atoms with van der Waals surface area (Å²) in [6.45, 7) is 5.73. The van der Waals surface area contributed by atoms with E-state index in [-0.39, 0.29) is 30.7 Å². The average molecular weight is 394 g/mol. The molecule has 0 saturated carbocycles. The molecule has 0 aliphatic carbocycles. The lowest BCUT2D eigenvalue weighted by molar-refractivity contribution is -0.122. The molecule has 1 N–H and O–H groups in total. The van der Waals surface area contributed by atoms with E-state index in [1.54, 1.807) is 30.1 Å². The molecule has 1 saturated heterocycles. The average Bonchev–Trinajstić information content (AvgIpc) is 3.29. The number of amides is 2. The van der Waals surface area contributed by atoms with Gasteiger partial charge in [0.15, 0.2) is 0 Å². The van der Waals surface area contributed by atoms with Gasteiger partial charge in [-0.15, -0.1) is 11.3 Å². The number of nitriles is 1. The summed E-state index contributed by atoms with van der Waals surface area (Å²) in [7, 11) is 0. The highest BCUT2D eigenvalue weighted by Gasteiger charge is 2.36. The normalized spacial score (nSPS) is 16.6. The summed E-state index contributed by atoms with van der Waals surface area (Å²) in [5.74, 6) is -0.223. The fourth-order valence-corrected chi connectivity index (χ4v) is 4.20. The number of hydrogen-bond donors (Lipinski definition) is 1. The first-order valence-corrected chi connectivity index (χ1v) is 9.67. The lowest BCUT2D eigenvalue weighted by atomic mass is 10.1. The van der Waals surface area contributed by atoms with Crippen LogP contribution < -0.4 is 10.2 Å². The first-order valence-electron chi connectivity index (χ1n) is 8.86. The van der Waals surface area contributed by atoms with Crippen LogP contribution in [0.2, 0.25) is 0 Å². The lowest BCUT2D eigenvalue weighted by Crippen LogP contribution is -2.28. The van der Waals surface area contributed by atoms with Crippen LogP contribution in [0.15, 0.2) is 22.6 Å². The van der Waals surface area contributed by atoms with Gasteiger partial charge < -0.3 is 9.32 Å². The second kappa shape index (κ2) is 6.77. The Balaban J connectivity index is 1.53. The van der Waals surface area contributed by atoms with Crippen LogP contribution in [0, 0.1) is 38.0 Å². The minimum Gasteiger partial charge on any atom is -0.444 e. The van der Waals surface area contributed by atoms with Crippen LogP contribution >= 0.6 is 11.3 Å². The molecule has 1 atom stereocenters. The zero-order chi connectivity index (χ0) is 20.0. The van der Waals surface area contributed by atoms with Crippen LogP contribution in [0.25, 0.3) is 10.2 Å². The number of thiazole rings is 1. The van der Waals surface area contributed by atoms with Gasteiger partial charge in [0.05, 0.1) is 21.1 Å². The summed E-state index contributed by atoms with van der Waals surface area (Å²) in [5, 5.41) is 12.9. The quantitative estimate of drug-likeness (QED) is 0.730. The second-order valence-corrected chi connectivity index (χ2v) is 8.11. The number of benzene rings is 1. The predicted molar refractivity (Wildman–Crippen MR) is 106 cm³/mol. The van der Waals surface area contributed by atoms with Gasteiger partial charge in [-0.05, 0) is 39.0 Å². The first kappa shape index (κ1) is 18.2. The van der Waals surface area contributed by atoms with Crippen LogP contribution in [0.3, 0.4) is 0 Å². The van der Waals surface area contributed by atoms with Crippen molar-refractivity contribution in [3.8, 4) is 6.07 Å². The molecule has 0 bridgehead atoms. The van der Waals surface area contributed by atoms with Gasteiger partial charge >= 0.3 is 0 Å². The largest absolute Gasteiger partial charge is 0.444 e. The Morgan fingerprint density at radius 3 is 2.93 bits per heavy atom. The molecular weight excluding hydrogens is 376 g/mol. The molecule has 4 rings (SSSR count). The number of aromatic nitrogens is 1. The molecule has 2 amide bonds. The first-order chi connectivity index (χ1) is 13.4. The standard InChI is InChI=1S/C20H18N4O3S/c1-10-11(2)27-20(15(10)8-21)23-19(26)13-6-18(25)24(9-13)14-4-5-17-16(7-14)22-12(3)28-17/h4-5,7,13H,6,9H2,1-3H3,(H,23,26). The molecule has 1 aliphatic heterocycles. The van der Waals surface area contributed by atoms with E-state index in [1.165, 1.54) is 0 Å². The van der Waals surface area contributed by atoms with E-state index in [0.717, 1.165) is 20.9 Å². The third kappa shape index (κ3) is 3.04. The van der Waals surface area contributed by atoms with Gasteiger partial charge in [0.25, 0.3) is 0 Å². The Morgan fingerprint density at radius 2 is 2.18 bits per heavy atom. The summed E-state index contributed by atoms with van der Waals surface area (Å²) in [6, 6.07) is 7.76. The van der Waals surface area contributed by atoms with Crippen molar-refractivity contribution in [2.45, 2.75) is 27.2 Å². The van der Waals surface area contributed by atoms with E-state index in [4.69, 9.17) is 4.42 Å². The Kier molecular flexibility index (Phi) is 4.40. The maximum atomic E-state index is 12.7. The van der Waals surface area contributed by atoms with Gasteiger partial charge in [-0.2, -0.15) is 5.26 Å². The van der Waals surface area contributed by atoms with Gasteiger partial charge in [-0.25, -0.2) is 4.98 Å². The van der Waals surface area contributed by atoms with Crippen molar-refractivity contribution < 1.29 is 14.0 Å². The van der Waals surface area contributed by atoms with Crippen molar-refractivity contribution in [1.29, 1.82) is 5.26 Å². The second-order valence-electron chi connectivity index (χ2n) is 6.88. The fraction of sp³-hybridized carbons (Fsp3) is 0.300. The molecule has 8 heteroatoms. The molecule has 1 aliphatic rings. The highest BCUT2D eigenvalue weighted by Crippen LogP contribution is 2.31. The van der Waals surface area contributed by atoms with Gasteiger partial charge in [0.2, 0.25) is 17.7 Å². The maximum Gasteiger partial charge on any atom is 0.232 e. The zero-order valence-electron chi connectivity index (χ0n) is 15.7. The number of rotatable bonds is 3. The third-order valence-corrected chi connectivity index (χ3v) is 5.97. The van der Waals surface area contributed by atoms with Crippen molar-refractivity contribution in [3.63, 3.8) is 0 Å². The highest BCUT2D eigenvalue weighted by molar-refractivity contribution is 7.18. The molecule has 3 heterocycles. The molecule has 1 fully saturated rings. The van der Waals surface area contributed by atoms with E-state index in [1.807, 2.05) is 25.1 Å². The number of fused-ring (bicyclic) bond motifs is 1. The van der Waals surface area contributed by atoms with Crippen molar-refractivity contribution in [2.24, 2.45) is 5.92 Å². The van der Waals surface area contributed by atoms with Gasteiger partial charge in [-0.3, -0.25) is 14.9 Å². The number of furan rings is 1. The Bertz CT molecular complexity index is 1150. The van der Waals surface area contributed by atoms with Crippen LogP contribution in [-0.4, -0.2) is 23.3 Å². The SMILES string of the molecule is Cc1nc2cc(N3CC(C(=O)Nc4oc(C)c(C)c4C#N)CC3=O)ccc2s1. The fourth-order valence-electron chi connectivity index (χ4n) is 3.40. The monoisotopic (exact) mass is 394 g/mol. The number of nitrogens with one attached hydrogen (secondary N) is 1. The predicted octanol–water partition coefficient (Wildman–Crippen LogP) is 3.68. The molecule has 3 aromatic rings. The Morgan fingerprint density at radius 1 is 1.39 bits per heavy atom. The summed E-state index contributed by atoms with van der Waals surface area (Å²) in [4.78, 5) is 31.3. The molecule has 142 valence electrons. The molecular formula is C20H18N4O3S.